The summed E-state index contributed by atoms with van der Waals surface area (Å²) in [5, 5.41) is 0. The summed E-state index contributed by atoms with van der Waals surface area (Å²) in [7, 11) is -4.32. The molecule has 2 amide bonds. The average molecular weight is 443 g/mol. The molecular weight excluding hydrogens is 417 g/mol. The topological polar surface area (TPSA) is 136 Å². The van der Waals surface area contributed by atoms with Crippen molar-refractivity contribution in [3.63, 3.8) is 0 Å². The van der Waals surface area contributed by atoms with Crippen molar-refractivity contribution in [2.24, 2.45) is 17.6 Å². The van der Waals surface area contributed by atoms with Gasteiger partial charge in [0, 0.05) is 19.0 Å². The van der Waals surface area contributed by atoms with Gasteiger partial charge < -0.3 is 15.4 Å². The molecule has 1 heterocycles. The number of hydrogen-bond acceptors (Lipinski definition) is 6. The highest BCUT2D eigenvalue weighted by atomic mass is 32.2. The van der Waals surface area contributed by atoms with Crippen molar-refractivity contribution in [3.05, 3.63) is 30.1 Å². The average Bonchev–Trinajstić information content (AvgIpc) is 2.70. The normalized spacial score (nSPS) is 16.3. The second-order valence-corrected chi connectivity index (χ2v) is 9.12. The molecule has 1 aliphatic rings. The number of hydrogen-bond donors (Lipinski definition) is 2. The van der Waals surface area contributed by atoms with Crippen molar-refractivity contribution < 1.29 is 31.9 Å². The number of carbonyl (C=O) groups is 3. The van der Waals surface area contributed by atoms with Gasteiger partial charge in [-0.05, 0) is 30.9 Å². The second-order valence-electron chi connectivity index (χ2n) is 7.44. The van der Waals surface area contributed by atoms with Gasteiger partial charge in [-0.25, -0.2) is 12.8 Å². The number of nitrogens with two attached hydrogens (primary N) is 1. The highest BCUT2D eigenvalue weighted by molar-refractivity contribution is 7.89. The molecule has 0 bridgehead atoms. The first kappa shape index (κ1) is 23.7. The van der Waals surface area contributed by atoms with E-state index < -0.39 is 57.1 Å². The summed E-state index contributed by atoms with van der Waals surface area (Å²) >= 11 is 0. The summed E-state index contributed by atoms with van der Waals surface area (Å²) in [6.07, 6.45) is 0.873. The smallest absolute Gasteiger partial charge is 0.324 e. The van der Waals surface area contributed by atoms with Crippen LogP contribution in [-0.2, 0) is 29.1 Å². The lowest BCUT2D eigenvalue weighted by molar-refractivity contribution is -0.154. The zero-order chi connectivity index (χ0) is 22.5. The molecule has 1 aromatic rings. The predicted molar refractivity (Wildman–Crippen MR) is 105 cm³/mol. The summed E-state index contributed by atoms with van der Waals surface area (Å²) < 4.78 is 46.0. The van der Waals surface area contributed by atoms with Crippen LogP contribution in [0.3, 0.4) is 0 Å². The van der Waals surface area contributed by atoms with E-state index in [9.17, 15) is 27.2 Å². The number of likely N-dealkylation sites (tertiary alicyclic amines) is 1. The fourth-order valence-electron chi connectivity index (χ4n) is 3.08. The van der Waals surface area contributed by atoms with Crippen LogP contribution in [0.2, 0.25) is 0 Å². The zero-order valence-corrected chi connectivity index (χ0v) is 17.7. The maximum absolute atomic E-state index is 13.9. The number of amides is 2. The maximum atomic E-state index is 13.9. The Morgan fingerprint density at radius 2 is 1.83 bits per heavy atom. The van der Waals surface area contributed by atoms with E-state index in [-0.39, 0.29) is 5.92 Å². The minimum Gasteiger partial charge on any atom is -0.454 e. The molecule has 2 rings (SSSR count). The first-order valence-corrected chi connectivity index (χ1v) is 11.0. The Hall–Kier alpha value is -2.53. The van der Waals surface area contributed by atoms with Gasteiger partial charge >= 0.3 is 5.97 Å². The second kappa shape index (κ2) is 9.98. The van der Waals surface area contributed by atoms with E-state index in [1.54, 1.807) is 13.8 Å². The Morgan fingerprint density at radius 1 is 1.23 bits per heavy atom. The quantitative estimate of drug-likeness (QED) is 0.558. The van der Waals surface area contributed by atoms with E-state index >= 15 is 0 Å². The zero-order valence-electron chi connectivity index (χ0n) is 16.8. The molecule has 30 heavy (non-hydrogen) atoms. The lowest BCUT2D eigenvalue weighted by Crippen LogP contribution is -2.47. The lowest BCUT2D eigenvalue weighted by atomic mass is 9.96. The third kappa shape index (κ3) is 5.99. The molecule has 9 nitrogen and oxygen atoms in total. The van der Waals surface area contributed by atoms with Crippen molar-refractivity contribution in [3.8, 4) is 0 Å². The van der Waals surface area contributed by atoms with E-state index in [1.165, 1.54) is 17.0 Å². The van der Waals surface area contributed by atoms with Crippen LogP contribution in [0.4, 0.5) is 4.39 Å². The van der Waals surface area contributed by atoms with Crippen molar-refractivity contribution in [1.29, 1.82) is 0 Å². The number of esters is 1. The van der Waals surface area contributed by atoms with Crippen LogP contribution in [0.15, 0.2) is 29.2 Å². The Bertz CT molecular complexity index is 897. The molecule has 1 aromatic carbocycles. The molecule has 1 unspecified atom stereocenters. The van der Waals surface area contributed by atoms with Crippen LogP contribution in [0.1, 0.15) is 26.7 Å². The number of halogens is 1. The number of primary amides is 1. The van der Waals surface area contributed by atoms with Crippen molar-refractivity contribution >= 4 is 27.8 Å². The van der Waals surface area contributed by atoms with Gasteiger partial charge in [0.15, 0.2) is 6.61 Å². The molecule has 0 aliphatic carbocycles. The number of nitrogens with zero attached hydrogens (tertiary/aromatic N) is 1. The van der Waals surface area contributed by atoms with Crippen LogP contribution in [0.5, 0.6) is 0 Å². The van der Waals surface area contributed by atoms with E-state index in [4.69, 9.17) is 10.5 Å². The van der Waals surface area contributed by atoms with Gasteiger partial charge in [-0.15, -0.1) is 0 Å². The summed E-state index contributed by atoms with van der Waals surface area (Å²) in [6, 6.07) is 3.49. The SMILES string of the molecule is CC(C)C(NS(=O)(=O)c1ccccc1F)C(=O)OCC(=O)N1CCC(C(N)=O)CC1. The van der Waals surface area contributed by atoms with Crippen LogP contribution in [-0.4, -0.2) is 56.8 Å². The van der Waals surface area contributed by atoms with Gasteiger partial charge in [-0.2, -0.15) is 4.72 Å². The van der Waals surface area contributed by atoms with Crippen molar-refractivity contribution in [1.82, 2.24) is 9.62 Å². The van der Waals surface area contributed by atoms with Gasteiger partial charge in [0.05, 0.1) is 0 Å². The number of sulfonamides is 1. The van der Waals surface area contributed by atoms with Crippen molar-refractivity contribution in [2.75, 3.05) is 19.7 Å². The maximum Gasteiger partial charge on any atom is 0.324 e. The van der Waals surface area contributed by atoms with E-state index in [2.05, 4.69) is 4.72 Å². The molecule has 0 saturated carbocycles. The number of piperidine rings is 1. The highest BCUT2D eigenvalue weighted by Crippen LogP contribution is 2.18. The van der Waals surface area contributed by atoms with Gasteiger partial charge in [-0.3, -0.25) is 14.4 Å². The summed E-state index contributed by atoms with van der Waals surface area (Å²) in [6.45, 7) is 3.25. The van der Waals surface area contributed by atoms with E-state index in [1.807, 2.05) is 0 Å². The van der Waals surface area contributed by atoms with Crippen LogP contribution >= 0.6 is 0 Å². The first-order valence-electron chi connectivity index (χ1n) is 9.53. The summed E-state index contributed by atoms with van der Waals surface area (Å²) in [5.74, 6) is -3.54. The fourth-order valence-corrected chi connectivity index (χ4v) is 4.49. The molecule has 166 valence electrons. The molecule has 0 radical (unpaired) electrons. The monoisotopic (exact) mass is 443 g/mol. The number of rotatable bonds is 8. The molecule has 1 saturated heterocycles. The third-order valence-corrected chi connectivity index (χ3v) is 6.39. The number of nitrogens with one attached hydrogen (secondary N) is 1. The molecule has 1 aliphatic heterocycles. The summed E-state index contributed by atoms with van der Waals surface area (Å²) in [4.78, 5) is 36.8. The van der Waals surface area contributed by atoms with Crippen LogP contribution in [0.25, 0.3) is 0 Å². The third-order valence-electron chi connectivity index (χ3n) is 4.92. The van der Waals surface area contributed by atoms with Gasteiger partial charge in [-0.1, -0.05) is 26.0 Å². The highest BCUT2D eigenvalue weighted by Gasteiger charge is 2.32. The van der Waals surface area contributed by atoms with Crippen LogP contribution < -0.4 is 10.5 Å². The standard InChI is InChI=1S/C19H26FN3O6S/c1-12(2)17(22-30(27,28)15-6-4-3-5-14(15)20)19(26)29-11-16(24)23-9-7-13(8-10-23)18(21)25/h3-6,12-13,17,22H,7-11H2,1-2H3,(H2,21,25). The van der Waals surface area contributed by atoms with E-state index in [0.29, 0.717) is 25.9 Å². The first-order chi connectivity index (χ1) is 14.0. The van der Waals surface area contributed by atoms with Crippen LogP contribution in [0, 0.1) is 17.7 Å². The number of benzene rings is 1. The fraction of sp³-hybridized carbons (Fsp3) is 0.526. The largest absolute Gasteiger partial charge is 0.454 e. The molecule has 1 fully saturated rings. The molecule has 11 heteroatoms. The molecule has 0 aromatic heterocycles. The predicted octanol–water partition coefficient (Wildman–Crippen LogP) is 0.396. The Labute approximate surface area is 174 Å². The van der Waals surface area contributed by atoms with Crippen molar-refractivity contribution in [2.45, 2.75) is 37.6 Å². The Morgan fingerprint density at radius 3 is 2.37 bits per heavy atom. The van der Waals surface area contributed by atoms with Gasteiger partial charge in [0.2, 0.25) is 15.9 Å². The Balaban J connectivity index is 1.97. The minimum atomic E-state index is -4.32. The molecule has 1 atom stereocenters. The Kier molecular flexibility index (Phi) is 7.90. The molecular formula is C19H26FN3O6S. The molecule has 0 spiro atoms. The van der Waals surface area contributed by atoms with Gasteiger partial charge in [0.25, 0.3) is 5.91 Å². The van der Waals surface area contributed by atoms with E-state index in [0.717, 1.165) is 12.1 Å². The number of ether oxygens (including phenoxy) is 1. The minimum absolute atomic E-state index is 0.283. The number of carbonyl (C=O) groups excluding carboxylic acids is 3. The van der Waals surface area contributed by atoms with Gasteiger partial charge in [0.1, 0.15) is 16.8 Å². The lowest BCUT2D eigenvalue weighted by Gasteiger charge is -2.30. The summed E-state index contributed by atoms with van der Waals surface area (Å²) in [5.41, 5.74) is 5.26. The molecule has 3 N–H and O–H groups in total.